The van der Waals surface area contributed by atoms with Crippen molar-refractivity contribution in [3.05, 3.63) is 46.9 Å². The Hall–Kier alpha value is -3.56. The summed E-state index contributed by atoms with van der Waals surface area (Å²) in [5.74, 6) is 1.25. The second-order valence-electron chi connectivity index (χ2n) is 8.95. The minimum absolute atomic E-state index is 0.0374. The van der Waals surface area contributed by atoms with Gasteiger partial charge in [-0.15, -0.1) is 0 Å². The SMILES string of the molecule is Cn1ncc(N2CCC(C(=O)N3CCN(C(=O)C4COc5ccccc5O4)CC3)CC2)cc1=O. The first-order chi connectivity index (χ1) is 16.5. The minimum atomic E-state index is -0.661. The Morgan fingerprint density at radius 3 is 2.26 bits per heavy atom. The van der Waals surface area contributed by atoms with Crippen LogP contribution in [0.2, 0.25) is 0 Å². The van der Waals surface area contributed by atoms with Gasteiger partial charge in [-0.2, -0.15) is 5.10 Å². The molecule has 3 aliphatic rings. The summed E-state index contributed by atoms with van der Waals surface area (Å²) in [6.45, 7) is 3.64. The monoisotopic (exact) mass is 467 g/mol. The fourth-order valence-corrected chi connectivity index (χ4v) is 4.77. The molecule has 2 saturated heterocycles. The summed E-state index contributed by atoms with van der Waals surface area (Å²) in [4.78, 5) is 43.7. The first kappa shape index (κ1) is 22.2. The number of aromatic nitrogens is 2. The Labute approximate surface area is 197 Å². The highest BCUT2D eigenvalue weighted by Crippen LogP contribution is 2.31. The zero-order chi connectivity index (χ0) is 23.7. The van der Waals surface area contributed by atoms with Gasteiger partial charge in [-0.05, 0) is 25.0 Å². The molecule has 34 heavy (non-hydrogen) atoms. The highest BCUT2D eigenvalue weighted by atomic mass is 16.6. The van der Waals surface area contributed by atoms with Crippen LogP contribution in [0.5, 0.6) is 11.5 Å². The lowest BCUT2D eigenvalue weighted by atomic mass is 9.94. The van der Waals surface area contributed by atoms with E-state index >= 15 is 0 Å². The van der Waals surface area contributed by atoms with Crippen LogP contribution in [0.3, 0.4) is 0 Å². The predicted molar refractivity (Wildman–Crippen MR) is 124 cm³/mol. The molecule has 10 nitrogen and oxygen atoms in total. The number of carbonyl (C=O) groups excluding carboxylic acids is 2. The number of nitrogens with zero attached hydrogens (tertiary/aromatic N) is 5. The molecule has 0 bridgehead atoms. The molecule has 5 rings (SSSR count). The van der Waals surface area contributed by atoms with Crippen molar-refractivity contribution in [1.82, 2.24) is 19.6 Å². The average molecular weight is 468 g/mol. The standard InChI is InChI=1S/C24H29N5O5/c1-26-22(30)14-18(15-25-26)27-8-6-17(7-9-27)23(31)28-10-12-29(13-11-28)24(32)21-16-33-19-4-2-3-5-20(19)34-21/h2-5,14-15,17,21H,6-13,16H2,1H3. The Bertz CT molecular complexity index is 1120. The number of piperazine rings is 1. The van der Waals surface area contributed by atoms with Crippen LogP contribution in [0.4, 0.5) is 5.69 Å². The molecule has 1 aromatic carbocycles. The molecule has 0 radical (unpaired) electrons. The van der Waals surface area contributed by atoms with Crippen molar-refractivity contribution in [3.63, 3.8) is 0 Å². The number of amides is 2. The molecule has 2 fully saturated rings. The van der Waals surface area contributed by atoms with E-state index in [4.69, 9.17) is 9.47 Å². The van der Waals surface area contributed by atoms with Gasteiger partial charge in [0.25, 0.3) is 11.5 Å². The van der Waals surface area contributed by atoms with Gasteiger partial charge in [0.15, 0.2) is 11.5 Å². The Morgan fingerprint density at radius 2 is 1.59 bits per heavy atom. The van der Waals surface area contributed by atoms with Crippen LogP contribution in [0.25, 0.3) is 0 Å². The Balaban J connectivity index is 1.11. The number of fused-ring (bicyclic) bond motifs is 1. The summed E-state index contributed by atoms with van der Waals surface area (Å²) < 4.78 is 12.8. The summed E-state index contributed by atoms with van der Waals surface area (Å²) in [5, 5.41) is 4.09. The molecule has 1 aromatic heterocycles. The van der Waals surface area contributed by atoms with Gasteiger partial charge in [-0.25, -0.2) is 4.68 Å². The van der Waals surface area contributed by atoms with E-state index in [1.807, 2.05) is 23.1 Å². The van der Waals surface area contributed by atoms with Gasteiger partial charge in [-0.1, -0.05) is 12.1 Å². The summed E-state index contributed by atoms with van der Waals surface area (Å²) in [6.07, 6.45) is 2.50. The van der Waals surface area contributed by atoms with E-state index in [2.05, 4.69) is 10.00 Å². The predicted octanol–water partition coefficient (Wildman–Crippen LogP) is 0.508. The number of rotatable bonds is 3. The molecule has 10 heteroatoms. The first-order valence-corrected chi connectivity index (χ1v) is 11.7. The molecule has 0 saturated carbocycles. The van der Waals surface area contributed by atoms with Gasteiger partial charge >= 0.3 is 0 Å². The lowest BCUT2D eigenvalue weighted by molar-refractivity contribution is -0.147. The van der Waals surface area contributed by atoms with Crippen molar-refractivity contribution < 1.29 is 19.1 Å². The van der Waals surface area contributed by atoms with E-state index in [0.29, 0.717) is 50.8 Å². The number of anilines is 1. The quantitative estimate of drug-likeness (QED) is 0.649. The van der Waals surface area contributed by atoms with E-state index in [0.717, 1.165) is 18.5 Å². The minimum Gasteiger partial charge on any atom is -0.485 e. The largest absolute Gasteiger partial charge is 0.485 e. The van der Waals surface area contributed by atoms with Gasteiger partial charge in [0.1, 0.15) is 6.61 Å². The van der Waals surface area contributed by atoms with Crippen LogP contribution < -0.4 is 19.9 Å². The Morgan fingerprint density at radius 1 is 0.941 bits per heavy atom. The maximum atomic E-state index is 13.1. The van der Waals surface area contributed by atoms with E-state index < -0.39 is 6.10 Å². The number of carbonyl (C=O) groups is 2. The molecular weight excluding hydrogens is 438 g/mol. The first-order valence-electron chi connectivity index (χ1n) is 11.7. The van der Waals surface area contributed by atoms with Crippen LogP contribution in [-0.4, -0.2) is 83.4 Å². The smallest absolute Gasteiger partial charge is 0.268 e. The molecular formula is C24H29N5O5. The zero-order valence-corrected chi connectivity index (χ0v) is 19.3. The maximum Gasteiger partial charge on any atom is 0.268 e. The topological polar surface area (TPSA) is 97.2 Å². The highest BCUT2D eigenvalue weighted by Gasteiger charge is 2.35. The van der Waals surface area contributed by atoms with Crippen LogP contribution in [-0.2, 0) is 16.6 Å². The number of para-hydroxylation sites is 2. The second-order valence-corrected chi connectivity index (χ2v) is 8.95. The van der Waals surface area contributed by atoms with Gasteiger partial charge in [0, 0.05) is 58.3 Å². The summed E-state index contributed by atoms with van der Waals surface area (Å²) in [7, 11) is 1.62. The van der Waals surface area contributed by atoms with Crippen molar-refractivity contribution in [3.8, 4) is 11.5 Å². The van der Waals surface area contributed by atoms with Gasteiger partial charge in [-0.3, -0.25) is 14.4 Å². The van der Waals surface area contributed by atoms with Gasteiger partial charge in [0.2, 0.25) is 12.0 Å². The number of aryl methyl sites for hydroxylation is 1. The summed E-state index contributed by atoms with van der Waals surface area (Å²) in [5.41, 5.74) is 0.662. The van der Waals surface area contributed by atoms with Crippen molar-refractivity contribution >= 4 is 17.5 Å². The Kier molecular flexibility index (Phi) is 6.12. The normalized spacial score (nSPS) is 20.9. The molecule has 0 spiro atoms. The highest BCUT2D eigenvalue weighted by molar-refractivity contribution is 5.83. The number of benzene rings is 1. The molecule has 2 aromatic rings. The molecule has 1 atom stereocenters. The van der Waals surface area contributed by atoms with Crippen LogP contribution >= 0.6 is 0 Å². The number of ether oxygens (including phenoxy) is 2. The second kappa shape index (κ2) is 9.36. The maximum absolute atomic E-state index is 13.1. The number of piperidine rings is 1. The average Bonchev–Trinajstić information content (AvgIpc) is 2.89. The zero-order valence-electron chi connectivity index (χ0n) is 19.3. The van der Waals surface area contributed by atoms with Crippen LogP contribution in [0.15, 0.2) is 41.3 Å². The molecule has 3 aliphatic heterocycles. The molecule has 180 valence electrons. The van der Waals surface area contributed by atoms with E-state index in [9.17, 15) is 14.4 Å². The molecule has 0 N–H and O–H groups in total. The van der Waals surface area contributed by atoms with E-state index in [1.54, 1.807) is 30.3 Å². The molecule has 2 amide bonds. The van der Waals surface area contributed by atoms with Crippen LogP contribution in [0, 0.1) is 5.92 Å². The summed E-state index contributed by atoms with van der Waals surface area (Å²) >= 11 is 0. The lowest BCUT2D eigenvalue weighted by Crippen LogP contribution is -2.56. The van der Waals surface area contributed by atoms with Gasteiger partial charge in [0.05, 0.1) is 11.9 Å². The van der Waals surface area contributed by atoms with Crippen molar-refractivity contribution in [2.75, 3.05) is 50.8 Å². The number of hydrogen-bond donors (Lipinski definition) is 0. The fourth-order valence-electron chi connectivity index (χ4n) is 4.77. The fraction of sp³-hybridized carbons (Fsp3) is 0.500. The van der Waals surface area contributed by atoms with Crippen molar-refractivity contribution in [2.45, 2.75) is 18.9 Å². The third kappa shape index (κ3) is 4.44. The lowest BCUT2D eigenvalue weighted by Gasteiger charge is -2.40. The molecule has 1 unspecified atom stereocenters. The van der Waals surface area contributed by atoms with E-state index in [-0.39, 0.29) is 29.9 Å². The van der Waals surface area contributed by atoms with Crippen LogP contribution in [0.1, 0.15) is 12.8 Å². The molecule has 4 heterocycles. The molecule has 0 aliphatic carbocycles. The van der Waals surface area contributed by atoms with Crippen molar-refractivity contribution in [1.29, 1.82) is 0 Å². The summed E-state index contributed by atoms with van der Waals surface area (Å²) in [6, 6.07) is 8.92. The van der Waals surface area contributed by atoms with Gasteiger partial charge < -0.3 is 24.2 Å². The third-order valence-corrected chi connectivity index (χ3v) is 6.85. The van der Waals surface area contributed by atoms with E-state index in [1.165, 1.54) is 4.68 Å². The third-order valence-electron chi connectivity index (χ3n) is 6.85. The van der Waals surface area contributed by atoms with Crippen molar-refractivity contribution in [2.24, 2.45) is 13.0 Å². The number of hydrogen-bond acceptors (Lipinski definition) is 7.